The second-order valence-corrected chi connectivity index (χ2v) is 4.76. The van der Waals surface area contributed by atoms with Crippen LogP contribution < -0.4 is 5.32 Å². The van der Waals surface area contributed by atoms with Crippen molar-refractivity contribution in [3.8, 4) is 0 Å². The predicted molar refractivity (Wildman–Crippen MR) is 66.1 cm³/mol. The van der Waals surface area contributed by atoms with Crippen molar-refractivity contribution in [2.45, 2.75) is 19.8 Å². The highest BCUT2D eigenvalue weighted by atomic mass is 35.5. The molecule has 0 radical (unpaired) electrons. The molecule has 86 valence electrons. The first kappa shape index (κ1) is 11.6. The first-order chi connectivity index (χ1) is 7.68. The summed E-state index contributed by atoms with van der Waals surface area (Å²) in [6.45, 7) is 3.83. The first-order valence-corrected chi connectivity index (χ1v) is 6.07. The van der Waals surface area contributed by atoms with Crippen molar-refractivity contribution in [2.75, 3.05) is 13.1 Å². The number of Topliss-reactive ketones (excluding diaryl/α,β-unsaturated/α-hetero) is 1. The zero-order valence-corrected chi connectivity index (χ0v) is 10.2. The zero-order valence-electron chi connectivity index (χ0n) is 9.42. The van der Waals surface area contributed by atoms with Crippen LogP contribution in [0.4, 0.5) is 0 Å². The highest BCUT2D eigenvalue weighted by Gasteiger charge is 2.22. The fourth-order valence-corrected chi connectivity index (χ4v) is 2.24. The number of halogens is 1. The van der Waals surface area contributed by atoms with Gasteiger partial charge in [0.05, 0.1) is 0 Å². The van der Waals surface area contributed by atoms with E-state index in [9.17, 15) is 4.79 Å². The van der Waals surface area contributed by atoms with Gasteiger partial charge in [0.15, 0.2) is 5.78 Å². The average Bonchev–Trinajstić information content (AvgIpc) is 2.33. The summed E-state index contributed by atoms with van der Waals surface area (Å²) in [6, 6.07) is 5.54. The average molecular weight is 238 g/mol. The molecule has 0 saturated carbocycles. The van der Waals surface area contributed by atoms with E-state index in [1.54, 1.807) is 0 Å². The summed E-state index contributed by atoms with van der Waals surface area (Å²) in [5.74, 6) is 0.447. The van der Waals surface area contributed by atoms with Gasteiger partial charge < -0.3 is 5.32 Å². The maximum atomic E-state index is 12.2. The summed E-state index contributed by atoms with van der Waals surface area (Å²) in [4.78, 5) is 12.2. The molecule has 0 aliphatic carbocycles. The summed E-state index contributed by atoms with van der Waals surface area (Å²) < 4.78 is 0. The van der Waals surface area contributed by atoms with E-state index in [0.29, 0.717) is 0 Å². The molecule has 0 spiro atoms. The Balaban J connectivity index is 2.16. The summed E-state index contributed by atoms with van der Waals surface area (Å²) in [6.07, 6.45) is 1.89. The fraction of sp³-hybridized carbons (Fsp3) is 0.462. The lowest BCUT2D eigenvalue weighted by atomic mass is 9.89. The van der Waals surface area contributed by atoms with Gasteiger partial charge in [0.1, 0.15) is 0 Å². The van der Waals surface area contributed by atoms with Crippen molar-refractivity contribution < 1.29 is 4.79 Å². The molecule has 1 fully saturated rings. The molecule has 1 aliphatic heterocycles. The highest BCUT2D eigenvalue weighted by molar-refractivity contribution is 6.31. The molecular formula is C13H16ClNO. The third kappa shape index (κ3) is 2.45. The lowest BCUT2D eigenvalue weighted by Crippen LogP contribution is -2.31. The molecule has 2 rings (SSSR count). The van der Waals surface area contributed by atoms with E-state index in [0.717, 1.165) is 42.1 Å². The Labute approximate surface area is 101 Å². The molecule has 16 heavy (non-hydrogen) atoms. The number of carbonyl (C=O) groups is 1. The van der Waals surface area contributed by atoms with Crippen molar-refractivity contribution in [1.82, 2.24) is 5.32 Å². The molecule has 0 amide bonds. The second-order valence-electron chi connectivity index (χ2n) is 4.35. The maximum Gasteiger partial charge on any atom is 0.166 e. The molecule has 0 atom stereocenters. The maximum absolute atomic E-state index is 12.2. The largest absolute Gasteiger partial charge is 0.317 e. The second kappa shape index (κ2) is 4.98. The van der Waals surface area contributed by atoms with E-state index in [2.05, 4.69) is 5.32 Å². The lowest BCUT2D eigenvalue weighted by molar-refractivity contribution is 0.0895. The van der Waals surface area contributed by atoms with E-state index < -0.39 is 0 Å². The Bertz CT molecular complexity index is 397. The van der Waals surface area contributed by atoms with E-state index in [-0.39, 0.29) is 11.7 Å². The summed E-state index contributed by atoms with van der Waals surface area (Å²) in [5.41, 5.74) is 1.77. The Morgan fingerprint density at radius 3 is 2.69 bits per heavy atom. The zero-order chi connectivity index (χ0) is 11.5. The smallest absolute Gasteiger partial charge is 0.166 e. The number of aryl methyl sites for hydroxylation is 1. The van der Waals surface area contributed by atoms with Crippen molar-refractivity contribution in [3.05, 3.63) is 34.3 Å². The molecule has 1 heterocycles. The van der Waals surface area contributed by atoms with Gasteiger partial charge in [-0.2, -0.15) is 0 Å². The van der Waals surface area contributed by atoms with Gasteiger partial charge in [0.25, 0.3) is 0 Å². The molecule has 1 aromatic carbocycles. The standard InChI is InChI=1S/C13H16ClNO/c1-9-8-11(2-3-12(9)14)13(16)10-4-6-15-7-5-10/h2-3,8,10,15H,4-7H2,1H3. The first-order valence-electron chi connectivity index (χ1n) is 5.69. The van der Waals surface area contributed by atoms with Gasteiger partial charge in [-0.25, -0.2) is 0 Å². The van der Waals surface area contributed by atoms with Crippen LogP contribution >= 0.6 is 11.6 Å². The molecule has 3 heteroatoms. The Morgan fingerprint density at radius 2 is 2.06 bits per heavy atom. The van der Waals surface area contributed by atoms with Gasteiger partial charge in [-0.3, -0.25) is 4.79 Å². The molecule has 1 aromatic rings. The molecule has 1 aliphatic rings. The molecular weight excluding hydrogens is 222 g/mol. The predicted octanol–water partition coefficient (Wildman–Crippen LogP) is 2.83. The van der Waals surface area contributed by atoms with Crippen LogP contribution in [0.25, 0.3) is 0 Å². The van der Waals surface area contributed by atoms with Crippen LogP contribution in [0.1, 0.15) is 28.8 Å². The van der Waals surface area contributed by atoms with Crippen LogP contribution in [0.2, 0.25) is 5.02 Å². The van der Waals surface area contributed by atoms with Crippen LogP contribution in [0.5, 0.6) is 0 Å². The van der Waals surface area contributed by atoms with Crippen LogP contribution in [0, 0.1) is 12.8 Å². The number of ketones is 1. The van der Waals surface area contributed by atoms with Crippen molar-refractivity contribution in [2.24, 2.45) is 5.92 Å². The number of nitrogens with one attached hydrogen (secondary N) is 1. The summed E-state index contributed by atoms with van der Waals surface area (Å²) in [7, 11) is 0. The van der Waals surface area contributed by atoms with Crippen molar-refractivity contribution in [3.63, 3.8) is 0 Å². The number of benzene rings is 1. The Kier molecular flexibility index (Phi) is 3.62. The monoisotopic (exact) mass is 237 g/mol. The van der Waals surface area contributed by atoms with Crippen LogP contribution in [0.15, 0.2) is 18.2 Å². The number of hydrogen-bond donors (Lipinski definition) is 1. The quantitative estimate of drug-likeness (QED) is 0.802. The number of carbonyl (C=O) groups excluding carboxylic acids is 1. The fourth-order valence-electron chi connectivity index (χ4n) is 2.12. The molecule has 1 saturated heterocycles. The van der Waals surface area contributed by atoms with Gasteiger partial charge in [0, 0.05) is 16.5 Å². The topological polar surface area (TPSA) is 29.1 Å². The minimum absolute atomic E-state index is 0.182. The normalized spacial score (nSPS) is 17.4. The number of piperidine rings is 1. The highest BCUT2D eigenvalue weighted by Crippen LogP contribution is 2.22. The molecule has 0 aromatic heterocycles. The molecule has 0 unspecified atom stereocenters. The lowest BCUT2D eigenvalue weighted by Gasteiger charge is -2.21. The van der Waals surface area contributed by atoms with Gasteiger partial charge >= 0.3 is 0 Å². The molecule has 1 N–H and O–H groups in total. The van der Waals surface area contributed by atoms with Crippen LogP contribution in [-0.2, 0) is 0 Å². The number of rotatable bonds is 2. The van der Waals surface area contributed by atoms with E-state index in [4.69, 9.17) is 11.6 Å². The third-order valence-electron chi connectivity index (χ3n) is 3.15. The summed E-state index contributed by atoms with van der Waals surface area (Å²) >= 11 is 5.95. The Morgan fingerprint density at radius 1 is 1.38 bits per heavy atom. The van der Waals surface area contributed by atoms with Crippen LogP contribution in [0.3, 0.4) is 0 Å². The van der Waals surface area contributed by atoms with Gasteiger partial charge in [-0.05, 0) is 56.6 Å². The van der Waals surface area contributed by atoms with Crippen LogP contribution in [-0.4, -0.2) is 18.9 Å². The van der Waals surface area contributed by atoms with E-state index in [1.807, 2.05) is 25.1 Å². The summed E-state index contributed by atoms with van der Waals surface area (Å²) in [5, 5.41) is 3.99. The van der Waals surface area contributed by atoms with E-state index in [1.165, 1.54) is 0 Å². The van der Waals surface area contributed by atoms with Crippen molar-refractivity contribution in [1.29, 1.82) is 0 Å². The molecule has 0 bridgehead atoms. The van der Waals surface area contributed by atoms with Crippen molar-refractivity contribution >= 4 is 17.4 Å². The SMILES string of the molecule is Cc1cc(C(=O)C2CCNCC2)ccc1Cl. The van der Waals surface area contributed by atoms with Gasteiger partial charge in [0.2, 0.25) is 0 Å². The van der Waals surface area contributed by atoms with E-state index >= 15 is 0 Å². The van der Waals surface area contributed by atoms with Gasteiger partial charge in [-0.15, -0.1) is 0 Å². The number of hydrogen-bond acceptors (Lipinski definition) is 2. The minimum atomic E-state index is 0.182. The minimum Gasteiger partial charge on any atom is -0.317 e. The third-order valence-corrected chi connectivity index (χ3v) is 3.58. The molecule has 2 nitrogen and oxygen atoms in total. The Hall–Kier alpha value is -0.860. The van der Waals surface area contributed by atoms with Gasteiger partial charge in [-0.1, -0.05) is 11.6 Å².